The highest BCUT2D eigenvalue weighted by molar-refractivity contribution is 5.00. The van der Waals surface area contributed by atoms with Crippen molar-refractivity contribution in [3.8, 4) is 0 Å². The maximum absolute atomic E-state index is 9.91. The van der Waals surface area contributed by atoms with Crippen LogP contribution in [-0.2, 0) is 0 Å². The first kappa shape index (κ1) is 8.25. The van der Waals surface area contributed by atoms with Crippen LogP contribution in [0.1, 0.15) is 32.1 Å². The van der Waals surface area contributed by atoms with Crippen LogP contribution in [0.4, 0.5) is 0 Å². The van der Waals surface area contributed by atoms with Crippen molar-refractivity contribution in [3.63, 3.8) is 0 Å². The summed E-state index contributed by atoms with van der Waals surface area (Å²) < 4.78 is 0. The van der Waals surface area contributed by atoms with E-state index in [-0.39, 0.29) is 6.10 Å². The minimum Gasteiger partial charge on any atom is -0.393 e. The number of nitrogens with zero attached hydrogens (tertiary/aromatic N) is 1. The summed E-state index contributed by atoms with van der Waals surface area (Å²) in [5, 5.41) is 9.91. The number of rotatable bonds is 0. The van der Waals surface area contributed by atoms with Gasteiger partial charge in [0.1, 0.15) is 0 Å². The molecule has 4 atom stereocenters. The zero-order chi connectivity index (χ0) is 8.84. The molecule has 1 saturated carbocycles. The second kappa shape index (κ2) is 2.96. The minimum absolute atomic E-state index is 0.0179. The van der Waals surface area contributed by atoms with Crippen LogP contribution in [-0.4, -0.2) is 35.2 Å². The average molecular weight is 181 g/mol. The van der Waals surface area contributed by atoms with Crippen molar-refractivity contribution in [2.24, 2.45) is 11.8 Å². The molecule has 0 aromatic carbocycles. The van der Waals surface area contributed by atoms with Gasteiger partial charge in [-0.3, -0.25) is 4.90 Å². The predicted octanol–water partition coefficient (Wildman–Crippen LogP) is 1.24. The van der Waals surface area contributed by atoms with Crippen LogP contribution in [0.3, 0.4) is 0 Å². The van der Waals surface area contributed by atoms with Gasteiger partial charge in [0.05, 0.1) is 6.10 Å². The maximum Gasteiger partial charge on any atom is 0.0584 e. The lowest BCUT2D eigenvalue weighted by Crippen LogP contribution is -2.49. The average Bonchev–Trinajstić information content (AvgIpc) is 2.57. The third-order valence-corrected chi connectivity index (χ3v) is 4.44. The molecule has 2 nitrogen and oxygen atoms in total. The van der Waals surface area contributed by atoms with E-state index in [1.54, 1.807) is 0 Å². The zero-order valence-electron chi connectivity index (χ0n) is 8.15. The monoisotopic (exact) mass is 181 g/mol. The van der Waals surface area contributed by atoms with E-state index in [4.69, 9.17) is 0 Å². The fourth-order valence-electron chi connectivity index (χ4n) is 3.88. The molecule has 1 N–H and O–H groups in total. The van der Waals surface area contributed by atoms with E-state index in [1.165, 1.54) is 38.8 Å². The number of hydrogen-bond donors (Lipinski definition) is 1. The van der Waals surface area contributed by atoms with Crippen molar-refractivity contribution >= 4 is 0 Å². The third-order valence-electron chi connectivity index (χ3n) is 4.44. The van der Waals surface area contributed by atoms with Crippen LogP contribution in [0, 0.1) is 11.8 Å². The van der Waals surface area contributed by atoms with Gasteiger partial charge in [0.2, 0.25) is 0 Å². The van der Waals surface area contributed by atoms with E-state index in [0.717, 1.165) is 18.4 Å². The summed E-state index contributed by atoms with van der Waals surface area (Å²) in [5.41, 5.74) is 0. The highest BCUT2D eigenvalue weighted by Gasteiger charge is 2.46. The smallest absolute Gasteiger partial charge is 0.0584 e. The largest absolute Gasteiger partial charge is 0.393 e. The van der Waals surface area contributed by atoms with Gasteiger partial charge >= 0.3 is 0 Å². The van der Waals surface area contributed by atoms with Gasteiger partial charge < -0.3 is 5.11 Å². The van der Waals surface area contributed by atoms with Gasteiger partial charge in [0.15, 0.2) is 0 Å². The molecule has 3 fully saturated rings. The number of hydrogen-bond acceptors (Lipinski definition) is 2. The van der Waals surface area contributed by atoms with Crippen molar-refractivity contribution in [1.29, 1.82) is 0 Å². The molecule has 2 heteroatoms. The van der Waals surface area contributed by atoms with Crippen LogP contribution in [0.15, 0.2) is 0 Å². The topological polar surface area (TPSA) is 23.5 Å². The molecule has 0 bridgehead atoms. The molecular formula is C11H19NO. The van der Waals surface area contributed by atoms with Crippen LogP contribution in [0.25, 0.3) is 0 Å². The molecule has 74 valence electrons. The Hall–Kier alpha value is -0.0800. The summed E-state index contributed by atoms with van der Waals surface area (Å²) in [6, 6.07) is 0.762. The first-order chi connectivity index (χ1) is 6.36. The Balaban J connectivity index is 1.85. The van der Waals surface area contributed by atoms with Crippen LogP contribution < -0.4 is 0 Å². The van der Waals surface area contributed by atoms with Gasteiger partial charge in [-0.2, -0.15) is 0 Å². The molecule has 3 rings (SSSR count). The molecule has 0 aromatic heterocycles. The van der Waals surface area contributed by atoms with E-state index in [0.29, 0.717) is 5.92 Å². The van der Waals surface area contributed by atoms with Crippen molar-refractivity contribution in [1.82, 2.24) is 4.90 Å². The van der Waals surface area contributed by atoms with Gasteiger partial charge in [0.25, 0.3) is 0 Å². The second-order valence-electron chi connectivity index (χ2n) is 5.03. The van der Waals surface area contributed by atoms with E-state index in [9.17, 15) is 5.11 Å². The van der Waals surface area contributed by atoms with Gasteiger partial charge in [-0.05, 0) is 51.1 Å². The lowest BCUT2D eigenvalue weighted by molar-refractivity contribution is -0.00778. The van der Waals surface area contributed by atoms with E-state index in [2.05, 4.69) is 4.90 Å². The zero-order valence-corrected chi connectivity index (χ0v) is 8.15. The Morgan fingerprint density at radius 2 is 1.92 bits per heavy atom. The molecule has 2 aliphatic heterocycles. The Morgan fingerprint density at radius 1 is 1.00 bits per heavy atom. The van der Waals surface area contributed by atoms with E-state index in [1.807, 2.05) is 0 Å². The summed E-state index contributed by atoms with van der Waals surface area (Å²) in [6.45, 7) is 2.55. The SMILES string of the molecule is O[C@@H]1CC[C@@H]2CCCN3CC[C@@H]1[C@@H]23. The maximum atomic E-state index is 9.91. The molecule has 0 unspecified atom stereocenters. The molecular weight excluding hydrogens is 162 g/mol. The Bertz CT molecular complexity index is 206. The van der Waals surface area contributed by atoms with Gasteiger partial charge in [-0.1, -0.05) is 0 Å². The van der Waals surface area contributed by atoms with Crippen molar-refractivity contribution in [3.05, 3.63) is 0 Å². The van der Waals surface area contributed by atoms with E-state index >= 15 is 0 Å². The third kappa shape index (κ3) is 1.15. The number of piperidine rings is 1. The summed E-state index contributed by atoms with van der Waals surface area (Å²) in [5.74, 6) is 1.55. The molecule has 0 amide bonds. The summed E-state index contributed by atoms with van der Waals surface area (Å²) in [4.78, 5) is 2.64. The van der Waals surface area contributed by atoms with Crippen LogP contribution >= 0.6 is 0 Å². The Labute approximate surface area is 79.9 Å². The Kier molecular flexibility index (Phi) is 1.88. The highest BCUT2D eigenvalue weighted by atomic mass is 16.3. The lowest BCUT2D eigenvalue weighted by atomic mass is 9.72. The quantitative estimate of drug-likeness (QED) is 0.608. The fourth-order valence-corrected chi connectivity index (χ4v) is 3.88. The Morgan fingerprint density at radius 3 is 2.85 bits per heavy atom. The highest BCUT2D eigenvalue weighted by Crippen LogP contribution is 2.43. The molecule has 3 aliphatic rings. The van der Waals surface area contributed by atoms with Crippen molar-refractivity contribution in [2.75, 3.05) is 13.1 Å². The minimum atomic E-state index is 0.0179. The lowest BCUT2D eigenvalue weighted by Gasteiger charge is -2.44. The second-order valence-corrected chi connectivity index (χ2v) is 5.03. The number of aliphatic hydroxyl groups is 1. The van der Waals surface area contributed by atoms with Gasteiger partial charge in [-0.15, -0.1) is 0 Å². The molecule has 0 aromatic rings. The summed E-state index contributed by atoms with van der Waals surface area (Å²) in [7, 11) is 0. The van der Waals surface area contributed by atoms with Crippen molar-refractivity contribution in [2.45, 2.75) is 44.2 Å². The normalized spacial score (nSPS) is 50.5. The van der Waals surface area contributed by atoms with Gasteiger partial charge in [0, 0.05) is 12.0 Å². The standard InChI is InChI=1S/C11H19NO/c13-10-4-3-8-2-1-6-12-7-5-9(10)11(8)12/h8-11,13H,1-7H2/t8-,9-,10+,11+/m0/s1. The summed E-state index contributed by atoms with van der Waals surface area (Å²) in [6.07, 6.45) is 6.43. The van der Waals surface area contributed by atoms with Gasteiger partial charge in [-0.25, -0.2) is 0 Å². The number of aliphatic hydroxyl groups excluding tert-OH is 1. The molecule has 0 spiro atoms. The molecule has 1 aliphatic carbocycles. The molecule has 2 heterocycles. The first-order valence-electron chi connectivity index (χ1n) is 5.78. The predicted molar refractivity (Wildman–Crippen MR) is 51.4 cm³/mol. The first-order valence-corrected chi connectivity index (χ1v) is 5.78. The van der Waals surface area contributed by atoms with Crippen LogP contribution in [0.5, 0.6) is 0 Å². The molecule has 0 radical (unpaired) electrons. The fraction of sp³-hybridized carbons (Fsp3) is 1.00. The van der Waals surface area contributed by atoms with Crippen molar-refractivity contribution < 1.29 is 5.11 Å². The molecule has 13 heavy (non-hydrogen) atoms. The molecule has 2 saturated heterocycles. The van der Waals surface area contributed by atoms with Crippen LogP contribution in [0.2, 0.25) is 0 Å². The summed E-state index contributed by atoms with van der Waals surface area (Å²) >= 11 is 0. The van der Waals surface area contributed by atoms with E-state index < -0.39 is 0 Å².